The summed E-state index contributed by atoms with van der Waals surface area (Å²) in [6.07, 6.45) is 0. The van der Waals surface area contributed by atoms with Crippen LogP contribution in [0.1, 0.15) is 0 Å². The second kappa shape index (κ2) is 8.05. The highest BCUT2D eigenvalue weighted by atomic mass is 33.1. The van der Waals surface area contributed by atoms with Crippen LogP contribution in [0.15, 0.2) is 58.3 Å². The molecule has 2 aromatic carbocycles. The van der Waals surface area contributed by atoms with E-state index in [1.54, 1.807) is 0 Å². The molecule has 2 saturated heterocycles. The summed E-state index contributed by atoms with van der Waals surface area (Å²) < 4.78 is 0. The fraction of sp³-hybridized carbons (Fsp3) is 0.333. The summed E-state index contributed by atoms with van der Waals surface area (Å²) in [5, 5.41) is 1.76. The quantitative estimate of drug-likeness (QED) is 0.301. The number of hydrogen-bond donors (Lipinski definition) is 0. The third-order valence-electron chi connectivity index (χ3n) is 3.77. The summed E-state index contributed by atoms with van der Waals surface area (Å²) in [6.45, 7) is 0. The predicted octanol–water partition coefficient (Wildman–Crippen LogP) is 6.42. The van der Waals surface area contributed by atoms with Gasteiger partial charge in [-0.05, 0) is 35.4 Å². The van der Waals surface area contributed by atoms with Crippen LogP contribution in [0.3, 0.4) is 0 Å². The Bertz CT molecular complexity index is 629. The van der Waals surface area contributed by atoms with Crippen LogP contribution >= 0.6 is 56.9 Å². The number of rotatable bonds is 7. The SMILES string of the molecule is c1cc(-c2ccc(SCC3CSS3)cc2)ccc1SCC1CS1. The summed E-state index contributed by atoms with van der Waals surface area (Å²) in [5.41, 5.74) is 2.63. The molecule has 2 aliphatic heterocycles. The van der Waals surface area contributed by atoms with Crippen molar-refractivity contribution in [3.8, 4) is 11.1 Å². The molecule has 120 valence electrons. The molecule has 5 heteroatoms. The average Bonchev–Trinajstić information content (AvgIpc) is 3.37. The highest BCUT2D eigenvalue weighted by Crippen LogP contribution is 2.42. The Morgan fingerprint density at radius 1 is 0.739 bits per heavy atom. The van der Waals surface area contributed by atoms with Crippen molar-refractivity contribution >= 4 is 56.9 Å². The first-order valence-electron chi connectivity index (χ1n) is 7.73. The molecule has 2 atom stereocenters. The van der Waals surface area contributed by atoms with Crippen LogP contribution in [0.5, 0.6) is 0 Å². The van der Waals surface area contributed by atoms with Gasteiger partial charge in [0.2, 0.25) is 0 Å². The topological polar surface area (TPSA) is 0 Å². The van der Waals surface area contributed by atoms with Gasteiger partial charge in [-0.1, -0.05) is 45.9 Å². The molecule has 0 amide bonds. The third-order valence-corrected chi connectivity index (χ3v) is 10.6. The Morgan fingerprint density at radius 2 is 1.22 bits per heavy atom. The highest BCUT2D eigenvalue weighted by Gasteiger charge is 2.22. The zero-order valence-corrected chi connectivity index (χ0v) is 16.7. The minimum atomic E-state index is 0.851. The molecule has 4 rings (SSSR count). The van der Waals surface area contributed by atoms with E-state index in [4.69, 9.17) is 0 Å². The van der Waals surface area contributed by atoms with E-state index in [0.29, 0.717) is 0 Å². The van der Waals surface area contributed by atoms with Crippen molar-refractivity contribution in [1.29, 1.82) is 0 Å². The van der Waals surface area contributed by atoms with Gasteiger partial charge in [0.05, 0.1) is 0 Å². The van der Waals surface area contributed by atoms with Crippen LogP contribution < -0.4 is 0 Å². The maximum atomic E-state index is 2.27. The van der Waals surface area contributed by atoms with Crippen molar-refractivity contribution in [3.63, 3.8) is 0 Å². The van der Waals surface area contributed by atoms with Gasteiger partial charge in [0.25, 0.3) is 0 Å². The third kappa shape index (κ3) is 4.85. The van der Waals surface area contributed by atoms with Crippen molar-refractivity contribution in [2.45, 2.75) is 20.3 Å². The van der Waals surface area contributed by atoms with Crippen LogP contribution in [0.25, 0.3) is 11.1 Å². The maximum Gasteiger partial charge on any atom is 0.0344 e. The Kier molecular flexibility index (Phi) is 5.82. The summed E-state index contributed by atoms with van der Waals surface area (Å²) in [7, 11) is 4.02. The molecule has 2 fully saturated rings. The number of thioether (sulfide) groups is 3. The van der Waals surface area contributed by atoms with E-state index in [9.17, 15) is 0 Å². The van der Waals surface area contributed by atoms with Crippen LogP contribution in [-0.2, 0) is 0 Å². The molecule has 0 N–H and O–H groups in total. The van der Waals surface area contributed by atoms with Gasteiger partial charge in [0, 0.05) is 43.3 Å². The lowest BCUT2D eigenvalue weighted by molar-refractivity contribution is 1.14. The normalized spacial score (nSPS) is 22.6. The summed E-state index contributed by atoms with van der Waals surface area (Å²) in [6, 6.07) is 18.1. The molecule has 0 aliphatic carbocycles. The van der Waals surface area contributed by atoms with Crippen LogP contribution in [-0.4, -0.2) is 33.5 Å². The maximum absolute atomic E-state index is 2.27. The second-order valence-electron chi connectivity index (χ2n) is 5.63. The van der Waals surface area contributed by atoms with Gasteiger partial charge in [-0.2, -0.15) is 11.8 Å². The largest absolute Gasteiger partial charge is 0.156 e. The average molecular weight is 395 g/mol. The molecule has 0 nitrogen and oxygen atoms in total. The van der Waals surface area contributed by atoms with Crippen molar-refractivity contribution in [1.82, 2.24) is 0 Å². The Hall–Kier alpha value is 0.190. The van der Waals surface area contributed by atoms with E-state index in [1.165, 1.54) is 43.9 Å². The van der Waals surface area contributed by atoms with E-state index in [0.717, 1.165) is 10.5 Å². The van der Waals surface area contributed by atoms with Crippen molar-refractivity contribution in [2.75, 3.05) is 23.0 Å². The molecule has 2 aromatic rings. The number of benzene rings is 2. The van der Waals surface area contributed by atoms with Gasteiger partial charge in [0.15, 0.2) is 0 Å². The zero-order chi connectivity index (χ0) is 15.5. The fourth-order valence-corrected chi connectivity index (χ4v) is 7.42. The molecule has 23 heavy (non-hydrogen) atoms. The summed E-state index contributed by atoms with van der Waals surface area (Å²) >= 11 is 6.05. The van der Waals surface area contributed by atoms with Gasteiger partial charge in [-0.3, -0.25) is 0 Å². The van der Waals surface area contributed by atoms with E-state index < -0.39 is 0 Å². The minimum absolute atomic E-state index is 0.851. The Morgan fingerprint density at radius 3 is 1.61 bits per heavy atom. The lowest BCUT2D eigenvalue weighted by Gasteiger charge is -2.22. The van der Waals surface area contributed by atoms with Crippen molar-refractivity contribution in [2.24, 2.45) is 0 Å². The van der Waals surface area contributed by atoms with Gasteiger partial charge < -0.3 is 0 Å². The summed E-state index contributed by atoms with van der Waals surface area (Å²) in [5.74, 6) is 5.17. The lowest BCUT2D eigenvalue weighted by atomic mass is 10.1. The Balaban J connectivity index is 1.34. The first kappa shape index (κ1) is 16.6. The van der Waals surface area contributed by atoms with E-state index in [-0.39, 0.29) is 0 Å². The minimum Gasteiger partial charge on any atom is -0.156 e. The molecule has 2 aliphatic rings. The van der Waals surface area contributed by atoms with Gasteiger partial charge in [-0.25, -0.2) is 0 Å². The number of hydrogen-bond acceptors (Lipinski definition) is 5. The molecule has 2 heterocycles. The van der Waals surface area contributed by atoms with Gasteiger partial charge >= 0.3 is 0 Å². The van der Waals surface area contributed by atoms with Crippen LogP contribution in [0.4, 0.5) is 0 Å². The molecular weight excluding hydrogens is 377 g/mol. The van der Waals surface area contributed by atoms with Gasteiger partial charge in [0.1, 0.15) is 0 Å². The molecule has 0 aromatic heterocycles. The smallest absolute Gasteiger partial charge is 0.0344 e. The van der Waals surface area contributed by atoms with Crippen molar-refractivity contribution in [3.05, 3.63) is 48.5 Å². The Labute approximate surface area is 159 Å². The second-order valence-corrected chi connectivity index (χ2v) is 11.9. The first-order valence-corrected chi connectivity index (χ1v) is 13.1. The van der Waals surface area contributed by atoms with E-state index in [2.05, 4.69) is 60.3 Å². The van der Waals surface area contributed by atoms with Crippen LogP contribution in [0.2, 0.25) is 0 Å². The first-order chi connectivity index (χ1) is 11.4. The standard InChI is InChI=1S/C18H18S5/c1-5-15(19-9-17-10-21-17)6-2-13(1)14-3-7-16(8-4-14)20-11-18-12-22-23-18/h1-8,17-18H,9-12H2. The monoisotopic (exact) mass is 394 g/mol. The van der Waals surface area contributed by atoms with Crippen molar-refractivity contribution < 1.29 is 0 Å². The molecule has 0 radical (unpaired) electrons. The molecule has 2 unspecified atom stereocenters. The lowest BCUT2D eigenvalue weighted by Crippen LogP contribution is -2.15. The molecule has 0 bridgehead atoms. The van der Waals surface area contributed by atoms with Gasteiger partial charge in [-0.15, -0.1) is 23.5 Å². The molecule has 0 saturated carbocycles. The van der Waals surface area contributed by atoms with E-state index >= 15 is 0 Å². The zero-order valence-electron chi connectivity index (χ0n) is 12.6. The molecular formula is C18H18S5. The predicted molar refractivity (Wildman–Crippen MR) is 113 cm³/mol. The van der Waals surface area contributed by atoms with Crippen LogP contribution in [0, 0.1) is 0 Å². The fourth-order valence-electron chi connectivity index (χ4n) is 2.27. The summed E-state index contributed by atoms with van der Waals surface area (Å²) in [4.78, 5) is 2.78. The highest BCUT2D eigenvalue weighted by molar-refractivity contribution is 8.79. The van der Waals surface area contributed by atoms with E-state index in [1.807, 2.05) is 45.1 Å². The molecule has 0 spiro atoms.